The zero-order valence-electron chi connectivity index (χ0n) is 11.6. The molecule has 3 aromatic carbocycles. The third-order valence-electron chi connectivity index (χ3n) is 3.88. The van der Waals surface area contributed by atoms with Gasteiger partial charge in [-0.05, 0) is 23.6 Å². The van der Waals surface area contributed by atoms with E-state index in [-0.39, 0.29) is 0 Å². The van der Waals surface area contributed by atoms with E-state index < -0.39 is 0 Å². The molecule has 0 bridgehead atoms. The molecule has 0 atom stereocenters. The van der Waals surface area contributed by atoms with Crippen molar-refractivity contribution in [3.05, 3.63) is 60.7 Å². The summed E-state index contributed by atoms with van der Waals surface area (Å²) in [4.78, 5) is 9.17. The van der Waals surface area contributed by atoms with E-state index in [2.05, 4.69) is 33.5 Å². The van der Waals surface area contributed by atoms with Crippen LogP contribution in [0.2, 0.25) is 0 Å². The Bertz CT molecular complexity index is 1040. The number of para-hydroxylation sites is 2. The van der Waals surface area contributed by atoms with Crippen LogP contribution in [0.25, 0.3) is 21.8 Å². The summed E-state index contributed by atoms with van der Waals surface area (Å²) in [6.45, 7) is 0. The molecule has 1 aliphatic heterocycles. The van der Waals surface area contributed by atoms with E-state index >= 15 is 0 Å². The number of benzene rings is 3. The van der Waals surface area contributed by atoms with Crippen LogP contribution < -0.4 is 10.1 Å². The van der Waals surface area contributed by atoms with Gasteiger partial charge in [0.05, 0.1) is 16.7 Å². The molecular formula is C18H11N3O. The van der Waals surface area contributed by atoms with Gasteiger partial charge in [0, 0.05) is 5.39 Å². The Morgan fingerprint density at radius 1 is 0.773 bits per heavy atom. The fraction of sp³-hybridized carbons (Fsp3) is 0. The molecule has 4 heteroatoms. The first-order chi connectivity index (χ1) is 10.9. The van der Waals surface area contributed by atoms with Crippen molar-refractivity contribution in [2.45, 2.75) is 0 Å². The fourth-order valence-electron chi connectivity index (χ4n) is 2.82. The molecule has 0 saturated carbocycles. The van der Waals surface area contributed by atoms with Crippen LogP contribution in [-0.4, -0.2) is 9.97 Å². The second-order valence-electron chi connectivity index (χ2n) is 5.25. The second-order valence-corrected chi connectivity index (χ2v) is 5.25. The Morgan fingerprint density at radius 2 is 1.55 bits per heavy atom. The van der Waals surface area contributed by atoms with Gasteiger partial charge in [0.25, 0.3) is 5.88 Å². The summed E-state index contributed by atoms with van der Waals surface area (Å²) in [6.07, 6.45) is 0. The smallest absolute Gasteiger partial charge is 0.263 e. The molecular weight excluding hydrogens is 274 g/mol. The average molecular weight is 285 g/mol. The first kappa shape index (κ1) is 11.5. The van der Waals surface area contributed by atoms with Crippen molar-refractivity contribution in [1.29, 1.82) is 0 Å². The quantitative estimate of drug-likeness (QED) is 0.450. The molecule has 104 valence electrons. The zero-order chi connectivity index (χ0) is 14.5. The number of rotatable bonds is 0. The highest BCUT2D eigenvalue weighted by molar-refractivity contribution is 6.00. The number of nitrogens with one attached hydrogen (secondary N) is 1. The number of anilines is 2. The lowest BCUT2D eigenvalue weighted by Gasteiger charge is -2.21. The van der Waals surface area contributed by atoms with Crippen LogP contribution in [-0.2, 0) is 0 Å². The number of hydrogen-bond donors (Lipinski definition) is 1. The molecule has 0 amide bonds. The van der Waals surface area contributed by atoms with Crippen LogP contribution in [0.3, 0.4) is 0 Å². The normalized spacial score (nSPS) is 12.4. The summed E-state index contributed by atoms with van der Waals surface area (Å²) in [5.74, 6) is 1.94. The largest absolute Gasteiger partial charge is 0.434 e. The molecule has 1 aliphatic rings. The first-order valence-corrected chi connectivity index (χ1v) is 7.12. The van der Waals surface area contributed by atoms with Crippen molar-refractivity contribution >= 4 is 33.3 Å². The molecule has 2 heterocycles. The standard InChI is InChI=1S/C18H11N3O/c1-2-6-12-11(5-1)9-10-15-16(12)21-17-18(22-15)20-14-8-4-3-7-13(14)19-17/h1-10H,(H,19,21). The predicted octanol–water partition coefficient (Wildman–Crippen LogP) is 4.63. The minimum absolute atomic E-state index is 0.515. The topological polar surface area (TPSA) is 47.0 Å². The van der Waals surface area contributed by atoms with Crippen molar-refractivity contribution in [3.63, 3.8) is 0 Å². The van der Waals surface area contributed by atoms with E-state index in [1.165, 1.54) is 0 Å². The van der Waals surface area contributed by atoms with E-state index in [9.17, 15) is 0 Å². The lowest BCUT2D eigenvalue weighted by Crippen LogP contribution is -2.07. The Hall–Kier alpha value is -3.14. The summed E-state index contributed by atoms with van der Waals surface area (Å²) in [5.41, 5.74) is 2.61. The van der Waals surface area contributed by atoms with Gasteiger partial charge in [0.1, 0.15) is 0 Å². The van der Waals surface area contributed by atoms with E-state index in [0.29, 0.717) is 11.7 Å². The zero-order valence-corrected chi connectivity index (χ0v) is 11.6. The van der Waals surface area contributed by atoms with Crippen LogP contribution >= 0.6 is 0 Å². The van der Waals surface area contributed by atoms with E-state index in [4.69, 9.17) is 4.74 Å². The minimum atomic E-state index is 0.515. The number of fused-ring (bicyclic) bond motifs is 5. The molecule has 0 radical (unpaired) electrons. The maximum atomic E-state index is 5.96. The molecule has 0 aliphatic carbocycles. The Labute approximate surface area is 126 Å². The van der Waals surface area contributed by atoms with Gasteiger partial charge in [0.2, 0.25) is 0 Å². The van der Waals surface area contributed by atoms with E-state index in [0.717, 1.165) is 33.2 Å². The summed E-state index contributed by atoms with van der Waals surface area (Å²) < 4.78 is 5.96. The SMILES string of the molecule is c1ccc2c3c(ccc2c1)Oc1nc2ccccc2nc1N3. The second kappa shape index (κ2) is 4.18. The van der Waals surface area contributed by atoms with E-state index in [1.54, 1.807) is 0 Å². The van der Waals surface area contributed by atoms with Gasteiger partial charge in [-0.25, -0.2) is 9.97 Å². The number of hydrogen-bond acceptors (Lipinski definition) is 4. The highest BCUT2D eigenvalue weighted by Crippen LogP contribution is 2.43. The lowest BCUT2D eigenvalue weighted by atomic mass is 10.1. The van der Waals surface area contributed by atoms with Crippen molar-refractivity contribution in [2.24, 2.45) is 0 Å². The van der Waals surface area contributed by atoms with Gasteiger partial charge in [0.15, 0.2) is 11.6 Å². The Balaban J connectivity index is 1.75. The summed E-state index contributed by atoms with van der Waals surface area (Å²) in [6, 6.07) is 20.0. The molecule has 0 unspecified atom stereocenters. The van der Waals surface area contributed by atoms with Crippen LogP contribution in [0.1, 0.15) is 0 Å². The molecule has 22 heavy (non-hydrogen) atoms. The van der Waals surface area contributed by atoms with Crippen molar-refractivity contribution in [1.82, 2.24) is 9.97 Å². The number of nitrogens with zero attached hydrogens (tertiary/aromatic N) is 2. The third kappa shape index (κ3) is 1.58. The van der Waals surface area contributed by atoms with E-state index in [1.807, 2.05) is 42.5 Å². The van der Waals surface area contributed by atoms with Gasteiger partial charge in [-0.1, -0.05) is 42.5 Å². The molecule has 4 nitrogen and oxygen atoms in total. The maximum absolute atomic E-state index is 5.96. The predicted molar refractivity (Wildman–Crippen MR) is 86.8 cm³/mol. The van der Waals surface area contributed by atoms with Crippen LogP contribution in [0.15, 0.2) is 60.7 Å². The maximum Gasteiger partial charge on any atom is 0.263 e. The average Bonchev–Trinajstić information content (AvgIpc) is 2.58. The highest BCUT2D eigenvalue weighted by Gasteiger charge is 2.21. The van der Waals surface area contributed by atoms with Gasteiger partial charge in [-0.2, -0.15) is 0 Å². The number of aromatic nitrogens is 2. The number of ether oxygens (including phenoxy) is 1. The molecule has 1 N–H and O–H groups in total. The van der Waals surface area contributed by atoms with Crippen LogP contribution in [0.4, 0.5) is 11.5 Å². The lowest BCUT2D eigenvalue weighted by molar-refractivity contribution is 0.462. The third-order valence-corrected chi connectivity index (χ3v) is 3.88. The van der Waals surface area contributed by atoms with Gasteiger partial charge in [-0.15, -0.1) is 0 Å². The highest BCUT2D eigenvalue weighted by atomic mass is 16.5. The van der Waals surface area contributed by atoms with Gasteiger partial charge >= 0.3 is 0 Å². The Morgan fingerprint density at radius 3 is 2.45 bits per heavy atom. The van der Waals surface area contributed by atoms with Crippen LogP contribution in [0.5, 0.6) is 11.6 Å². The van der Waals surface area contributed by atoms with Crippen molar-refractivity contribution < 1.29 is 4.74 Å². The summed E-state index contributed by atoms with van der Waals surface area (Å²) >= 11 is 0. The monoisotopic (exact) mass is 285 g/mol. The molecule has 0 fully saturated rings. The van der Waals surface area contributed by atoms with Crippen molar-refractivity contribution in [3.8, 4) is 11.6 Å². The molecule has 1 aromatic heterocycles. The van der Waals surface area contributed by atoms with Gasteiger partial charge < -0.3 is 10.1 Å². The molecule has 0 saturated heterocycles. The Kier molecular flexibility index (Phi) is 2.19. The summed E-state index contributed by atoms with van der Waals surface area (Å²) in [7, 11) is 0. The van der Waals surface area contributed by atoms with Gasteiger partial charge in [-0.3, -0.25) is 0 Å². The molecule has 0 spiro atoms. The summed E-state index contributed by atoms with van der Waals surface area (Å²) in [5, 5.41) is 5.65. The van der Waals surface area contributed by atoms with Crippen LogP contribution in [0, 0.1) is 0 Å². The fourth-order valence-corrected chi connectivity index (χ4v) is 2.82. The molecule has 5 rings (SSSR count). The van der Waals surface area contributed by atoms with Crippen molar-refractivity contribution in [2.75, 3.05) is 5.32 Å². The first-order valence-electron chi connectivity index (χ1n) is 7.12. The molecule has 4 aromatic rings. The minimum Gasteiger partial charge on any atom is -0.434 e.